The van der Waals surface area contributed by atoms with Gasteiger partial charge in [-0.3, -0.25) is 4.79 Å². The van der Waals surface area contributed by atoms with E-state index in [2.05, 4.69) is 0 Å². The summed E-state index contributed by atoms with van der Waals surface area (Å²) in [5.74, 6) is -0.318. The minimum atomic E-state index is -0.426. The minimum absolute atomic E-state index is 0.153. The molecule has 0 saturated carbocycles. The molecule has 0 aliphatic carbocycles. The second-order valence-corrected chi connectivity index (χ2v) is 3.58. The fourth-order valence-electron chi connectivity index (χ4n) is 1.37. The molecule has 0 saturated heterocycles. The number of halogens is 1. The molecule has 0 fully saturated rings. The second kappa shape index (κ2) is 5.61. The molecule has 0 aliphatic rings. The first-order valence-electron chi connectivity index (χ1n) is 5.00. The van der Waals surface area contributed by atoms with Gasteiger partial charge in [0, 0.05) is 13.2 Å². The Balaban J connectivity index is 2.92. The number of Topliss-reactive ketones (excluding diaryl/α,β-unsaturated/α-hetero) is 1. The fourth-order valence-corrected chi connectivity index (χ4v) is 1.37. The van der Waals surface area contributed by atoms with E-state index in [1.54, 1.807) is 14.0 Å². The minimum Gasteiger partial charge on any atom is -0.487 e. The van der Waals surface area contributed by atoms with Gasteiger partial charge < -0.3 is 9.47 Å². The Bertz CT molecular complexity index is 377. The lowest BCUT2D eigenvalue weighted by atomic mass is 10.1. The summed E-state index contributed by atoms with van der Waals surface area (Å²) in [6, 6.07) is 3.87. The molecule has 0 heterocycles. The Kier molecular flexibility index (Phi) is 4.43. The van der Waals surface area contributed by atoms with Crippen LogP contribution in [-0.2, 0) is 4.74 Å². The third-order valence-corrected chi connectivity index (χ3v) is 2.05. The Morgan fingerprint density at radius 2 is 2.19 bits per heavy atom. The van der Waals surface area contributed by atoms with E-state index in [4.69, 9.17) is 9.47 Å². The van der Waals surface area contributed by atoms with Gasteiger partial charge in [0.2, 0.25) is 0 Å². The van der Waals surface area contributed by atoms with Gasteiger partial charge >= 0.3 is 0 Å². The zero-order valence-corrected chi connectivity index (χ0v) is 9.62. The number of ketones is 1. The van der Waals surface area contributed by atoms with E-state index in [1.165, 1.54) is 25.1 Å². The number of carbonyl (C=O) groups is 1. The molecule has 0 aliphatic heterocycles. The highest BCUT2D eigenvalue weighted by molar-refractivity contribution is 5.96. The molecule has 3 nitrogen and oxygen atoms in total. The number of rotatable bonds is 5. The van der Waals surface area contributed by atoms with Gasteiger partial charge in [0.15, 0.2) is 5.78 Å². The van der Waals surface area contributed by atoms with Crippen LogP contribution in [0.1, 0.15) is 24.2 Å². The quantitative estimate of drug-likeness (QED) is 0.723. The van der Waals surface area contributed by atoms with Crippen molar-refractivity contribution in [1.29, 1.82) is 0 Å². The van der Waals surface area contributed by atoms with Crippen LogP contribution in [-0.4, -0.2) is 25.6 Å². The van der Waals surface area contributed by atoms with E-state index < -0.39 is 5.82 Å². The molecular weight excluding hydrogens is 211 g/mol. The molecule has 16 heavy (non-hydrogen) atoms. The zero-order valence-electron chi connectivity index (χ0n) is 9.62. The SMILES string of the molecule is COCC(C)Oc1cc(F)ccc1C(C)=O. The summed E-state index contributed by atoms with van der Waals surface area (Å²) < 4.78 is 23.4. The van der Waals surface area contributed by atoms with Gasteiger partial charge in [-0.15, -0.1) is 0 Å². The van der Waals surface area contributed by atoms with Crippen molar-refractivity contribution in [3.05, 3.63) is 29.6 Å². The van der Waals surface area contributed by atoms with Crippen LogP contribution in [0.15, 0.2) is 18.2 Å². The van der Waals surface area contributed by atoms with E-state index in [0.29, 0.717) is 12.2 Å². The molecule has 1 unspecified atom stereocenters. The predicted octanol–water partition coefficient (Wildman–Crippen LogP) is 2.44. The van der Waals surface area contributed by atoms with Crippen LogP contribution in [0.5, 0.6) is 5.75 Å². The highest BCUT2D eigenvalue weighted by Gasteiger charge is 2.12. The van der Waals surface area contributed by atoms with Crippen LogP contribution in [0.4, 0.5) is 4.39 Å². The van der Waals surface area contributed by atoms with Crippen molar-refractivity contribution in [2.45, 2.75) is 20.0 Å². The van der Waals surface area contributed by atoms with E-state index in [0.717, 1.165) is 0 Å². The maximum atomic E-state index is 13.0. The van der Waals surface area contributed by atoms with Crippen LogP contribution in [0.2, 0.25) is 0 Å². The first kappa shape index (κ1) is 12.6. The Hall–Kier alpha value is -1.42. The van der Waals surface area contributed by atoms with Gasteiger partial charge in [0.1, 0.15) is 17.7 Å². The van der Waals surface area contributed by atoms with Gasteiger partial charge in [0.05, 0.1) is 12.2 Å². The Labute approximate surface area is 94.2 Å². The molecule has 1 atom stereocenters. The third kappa shape index (κ3) is 3.31. The number of hydrogen-bond donors (Lipinski definition) is 0. The highest BCUT2D eigenvalue weighted by Crippen LogP contribution is 2.21. The van der Waals surface area contributed by atoms with Crippen molar-refractivity contribution in [3.8, 4) is 5.75 Å². The topological polar surface area (TPSA) is 35.5 Å². The van der Waals surface area contributed by atoms with Crippen molar-refractivity contribution < 1.29 is 18.7 Å². The van der Waals surface area contributed by atoms with E-state index in [1.807, 2.05) is 0 Å². The molecule has 1 aromatic carbocycles. The first-order chi connectivity index (χ1) is 7.54. The van der Waals surface area contributed by atoms with Gasteiger partial charge in [0.25, 0.3) is 0 Å². The van der Waals surface area contributed by atoms with E-state index in [9.17, 15) is 9.18 Å². The molecule has 0 spiro atoms. The summed E-state index contributed by atoms with van der Waals surface area (Å²) in [5.41, 5.74) is 0.379. The summed E-state index contributed by atoms with van der Waals surface area (Å²) in [6.45, 7) is 3.59. The lowest BCUT2D eigenvalue weighted by Gasteiger charge is -2.15. The van der Waals surface area contributed by atoms with Crippen LogP contribution in [0.3, 0.4) is 0 Å². The van der Waals surface area contributed by atoms with Crippen LogP contribution in [0, 0.1) is 5.82 Å². The first-order valence-corrected chi connectivity index (χ1v) is 5.00. The lowest BCUT2D eigenvalue weighted by Crippen LogP contribution is -2.19. The average molecular weight is 226 g/mol. The third-order valence-electron chi connectivity index (χ3n) is 2.05. The summed E-state index contributed by atoms with van der Waals surface area (Å²) in [4.78, 5) is 11.3. The molecule has 0 radical (unpaired) electrons. The number of benzene rings is 1. The van der Waals surface area contributed by atoms with Gasteiger partial charge in [-0.2, -0.15) is 0 Å². The van der Waals surface area contributed by atoms with E-state index >= 15 is 0 Å². The summed E-state index contributed by atoms with van der Waals surface area (Å²) in [6.07, 6.45) is -0.232. The van der Waals surface area contributed by atoms with Crippen molar-refractivity contribution in [2.75, 3.05) is 13.7 Å². The largest absolute Gasteiger partial charge is 0.487 e. The average Bonchev–Trinajstić information content (AvgIpc) is 2.17. The van der Waals surface area contributed by atoms with Gasteiger partial charge in [-0.05, 0) is 26.0 Å². The molecule has 1 rings (SSSR count). The molecule has 0 aromatic heterocycles. The zero-order chi connectivity index (χ0) is 12.1. The normalized spacial score (nSPS) is 12.2. The fraction of sp³-hybridized carbons (Fsp3) is 0.417. The van der Waals surface area contributed by atoms with Crippen molar-refractivity contribution >= 4 is 5.78 Å². The van der Waals surface area contributed by atoms with Gasteiger partial charge in [-0.25, -0.2) is 4.39 Å². The van der Waals surface area contributed by atoms with Crippen molar-refractivity contribution in [2.24, 2.45) is 0 Å². The smallest absolute Gasteiger partial charge is 0.163 e. The summed E-state index contributed by atoms with van der Waals surface area (Å²) in [7, 11) is 1.55. The highest BCUT2D eigenvalue weighted by atomic mass is 19.1. The molecule has 0 bridgehead atoms. The Morgan fingerprint density at radius 3 is 2.75 bits per heavy atom. The summed E-state index contributed by atoms with van der Waals surface area (Å²) in [5, 5.41) is 0. The molecular formula is C12H15FO3. The van der Waals surface area contributed by atoms with Crippen molar-refractivity contribution in [3.63, 3.8) is 0 Å². The lowest BCUT2D eigenvalue weighted by molar-refractivity contribution is 0.0887. The monoisotopic (exact) mass is 226 g/mol. The van der Waals surface area contributed by atoms with Crippen molar-refractivity contribution in [1.82, 2.24) is 0 Å². The van der Waals surface area contributed by atoms with Gasteiger partial charge in [-0.1, -0.05) is 0 Å². The van der Waals surface area contributed by atoms with Crippen LogP contribution < -0.4 is 4.74 Å². The molecule has 4 heteroatoms. The molecule has 88 valence electrons. The maximum absolute atomic E-state index is 13.0. The van der Waals surface area contributed by atoms with E-state index in [-0.39, 0.29) is 17.6 Å². The molecule has 1 aromatic rings. The standard InChI is InChI=1S/C12H15FO3/c1-8(7-15-3)16-12-6-10(13)4-5-11(12)9(2)14/h4-6,8H,7H2,1-3H3. The van der Waals surface area contributed by atoms with Crippen LogP contribution in [0.25, 0.3) is 0 Å². The Morgan fingerprint density at radius 1 is 1.50 bits per heavy atom. The number of methoxy groups -OCH3 is 1. The summed E-state index contributed by atoms with van der Waals surface area (Å²) >= 11 is 0. The molecule has 0 N–H and O–H groups in total. The number of carbonyl (C=O) groups excluding carboxylic acids is 1. The second-order valence-electron chi connectivity index (χ2n) is 3.58. The number of ether oxygens (including phenoxy) is 2. The predicted molar refractivity (Wildman–Crippen MR) is 58.4 cm³/mol. The molecule has 0 amide bonds. The van der Waals surface area contributed by atoms with Crippen LogP contribution >= 0.6 is 0 Å². The number of hydrogen-bond acceptors (Lipinski definition) is 3. The maximum Gasteiger partial charge on any atom is 0.163 e.